The number of benzene rings is 1. The third kappa shape index (κ3) is 3.05. The highest BCUT2D eigenvalue weighted by Crippen LogP contribution is 2.25. The second-order valence-electron chi connectivity index (χ2n) is 5.19. The van der Waals surface area contributed by atoms with Crippen molar-refractivity contribution in [3.63, 3.8) is 0 Å². The van der Waals surface area contributed by atoms with Crippen LogP contribution in [0, 0.1) is 3.57 Å². The Morgan fingerprint density at radius 2 is 1.91 bits per heavy atom. The van der Waals surface area contributed by atoms with Crippen LogP contribution in [0.5, 0.6) is 0 Å². The van der Waals surface area contributed by atoms with E-state index in [1.54, 1.807) is 6.20 Å². The van der Waals surface area contributed by atoms with Gasteiger partial charge in [0.15, 0.2) is 0 Å². The first-order chi connectivity index (χ1) is 11.3. The molecule has 0 spiro atoms. The monoisotopic (exact) mass is 412 g/mol. The lowest BCUT2D eigenvalue weighted by Gasteiger charge is -2.05. The molecule has 112 valence electrons. The van der Waals surface area contributed by atoms with Crippen molar-refractivity contribution in [2.45, 2.75) is 0 Å². The Morgan fingerprint density at radius 1 is 0.957 bits per heavy atom. The maximum Gasteiger partial charge on any atom is 0.132 e. The number of aromatic amines is 1. The van der Waals surface area contributed by atoms with Crippen molar-refractivity contribution in [2.24, 2.45) is 0 Å². The van der Waals surface area contributed by atoms with Gasteiger partial charge in [-0.3, -0.25) is 4.98 Å². The van der Waals surface area contributed by atoms with E-state index in [0.717, 1.165) is 33.8 Å². The summed E-state index contributed by atoms with van der Waals surface area (Å²) in [5.74, 6) is 0.814. The van der Waals surface area contributed by atoms with Crippen molar-refractivity contribution < 1.29 is 0 Å². The van der Waals surface area contributed by atoms with Gasteiger partial charge in [0, 0.05) is 33.1 Å². The number of halogens is 1. The SMILES string of the molecule is Ic1cccc(Nc2cc3[nH]c(-c4ccccn4)cc3cn2)c1. The largest absolute Gasteiger partial charge is 0.353 e. The van der Waals surface area contributed by atoms with Crippen LogP contribution in [-0.4, -0.2) is 15.0 Å². The van der Waals surface area contributed by atoms with Crippen molar-refractivity contribution in [1.29, 1.82) is 0 Å². The Morgan fingerprint density at radius 3 is 2.74 bits per heavy atom. The lowest BCUT2D eigenvalue weighted by atomic mass is 10.2. The van der Waals surface area contributed by atoms with Crippen LogP contribution in [0.4, 0.5) is 11.5 Å². The molecule has 0 unspecified atom stereocenters. The number of rotatable bonds is 3. The summed E-state index contributed by atoms with van der Waals surface area (Å²) in [5.41, 5.74) is 3.98. The zero-order valence-corrected chi connectivity index (χ0v) is 14.3. The highest BCUT2D eigenvalue weighted by atomic mass is 127. The van der Waals surface area contributed by atoms with Crippen LogP contribution in [-0.2, 0) is 0 Å². The minimum Gasteiger partial charge on any atom is -0.353 e. The van der Waals surface area contributed by atoms with Crippen LogP contribution in [0.25, 0.3) is 22.3 Å². The molecule has 3 heterocycles. The van der Waals surface area contributed by atoms with E-state index in [9.17, 15) is 0 Å². The Hall–Kier alpha value is -2.41. The van der Waals surface area contributed by atoms with Gasteiger partial charge >= 0.3 is 0 Å². The quantitative estimate of drug-likeness (QED) is 0.467. The number of aromatic nitrogens is 3. The fraction of sp³-hybridized carbons (Fsp3) is 0. The highest BCUT2D eigenvalue weighted by molar-refractivity contribution is 14.1. The molecule has 0 saturated heterocycles. The summed E-state index contributed by atoms with van der Waals surface area (Å²) in [6.07, 6.45) is 3.66. The van der Waals surface area contributed by atoms with Crippen LogP contribution < -0.4 is 5.32 Å². The van der Waals surface area contributed by atoms with Gasteiger partial charge in [0.25, 0.3) is 0 Å². The second kappa shape index (κ2) is 6.00. The minimum atomic E-state index is 0.814. The molecule has 1 aromatic carbocycles. The summed E-state index contributed by atoms with van der Waals surface area (Å²) in [6, 6.07) is 18.2. The van der Waals surface area contributed by atoms with Gasteiger partial charge in [-0.15, -0.1) is 0 Å². The van der Waals surface area contributed by atoms with Crippen LogP contribution in [0.3, 0.4) is 0 Å². The molecule has 4 aromatic rings. The molecule has 3 aromatic heterocycles. The van der Waals surface area contributed by atoms with Gasteiger partial charge < -0.3 is 10.3 Å². The normalized spacial score (nSPS) is 10.8. The zero-order chi connectivity index (χ0) is 15.6. The average molecular weight is 412 g/mol. The molecule has 0 aliphatic heterocycles. The van der Waals surface area contributed by atoms with Crippen molar-refractivity contribution in [2.75, 3.05) is 5.32 Å². The van der Waals surface area contributed by atoms with E-state index in [-0.39, 0.29) is 0 Å². The molecule has 0 bridgehead atoms. The van der Waals surface area contributed by atoms with Crippen LogP contribution >= 0.6 is 22.6 Å². The van der Waals surface area contributed by atoms with Gasteiger partial charge in [-0.05, 0) is 59.0 Å². The molecule has 4 nitrogen and oxygen atoms in total. The molecule has 4 rings (SSSR count). The first-order valence-electron chi connectivity index (χ1n) is 7.21. The summed E-state index contributed by atoms with van der Waals surface area (Å²) in [7, 11) is 0. The van der Waals surface area contributed by atoms with E-state index in [4.69, 9.17) is 0 Å². The van der Waals surface area contributed by atoms with Gasteiger partial charge in [0.2, 0.25) is 0 Å². The first kappa shape index (κ1) is 14.2. The molecule has 2 N–H and O–H groups in total. The number of nitrogens with zero attached hydrogens (tertiary/aromatic N) is 2. The van der Waals surface area contributed by atoms with Crippen LogP contribution in [0.15, 0.2) is 67.0 Å². The van der Waals surface area contributed by atoms with E-state index >= 15 is 0 Å². The Labute approximate surface area is 147 Å². The van der Waals surface area contributed by atoms with Crippen molar-refractivity contribution in [3.8, 4) is 11.4 Å². The predicted molar refractivity (Wildman–Crippen MR) is 102 cm³/mol. The summed E-state index contributed by atoms with van der Waals surface area (Å²) >= 11 is 2.30. The van der Waals surface area contributed by atoms with Crippen LogP contribution in [0.1, 0.15) is 0 Å². The fourth-order valence-corrected chi connectivity index (χ4v) is 3.01. The third-order valence-corrected chi connectivity index (χ3v) is 4.21. The van der Waals surface area contributed by atoms with Gasteiger partial charge in [-0.2, -0.15) is 0 Å². The number of hydrogen-bond acceptors (Lipinski definition) is 3. The molecule has 0 saturated carbocycles. The molecule has 0 aliphatic carbocycles. The van der Waals surface area contributed by atoms with E-state index in [1.807, 2.05) is 42.6 Å². The molecule has 5 heteroatoms. The lowest BCUT2D eigenvalue weighted by Crippen LogP contribution is -1.93. The number of hydrogen-bond donors (Lipinski definition) is 2. The number of anilines is 2. The standard InChI is InChI=1S/C18H13IN4/c19-13-4-3-5-14(9-13)22-18-10-16-12(11-21-18)8-17(23-16)15-6-1-2-7-20-15/h1-11,23H,(H,21,22). The predicted octanol–water partition coefficient (Wildman–Crippen LogP) is 4.97. The first-order valence-corrected chi connectivity index (χ1v) is 8.28. The molecule has 0 radical (unpaired) electrons. The number of fused-ring (bicyclic) bond motifs is 1. The molecular formula is C18H13IN4. The van der Waals surface area contributed by atoms with Crippen molar-refractivity contribution in [1.82, 2.24) is 15.0 Å². The third-order valence-electron chi connectivity index (χ3n) is 3.54. The summed E-state index contributed by atoms with van der Waals surface area (Å²) in [6.45, 7) is 0. The highest BCUT2D eigenvalue weighted by Gasteiger charge is 2.06. The van der Waals surface area contributed by atoms with E-state index < -0.39 is 0 Å². The molecule has 0 atom stereocenters. The van der Waals surface area contributed by atoms with Gasteiger partial charge in [0.1, 0.15) is 5.82 Å². The summed E-state index contributed by atoms with van der Waals surface area (Å²) in [4.78, 5) is 12.3. The molecular weight excluding hydrogens is 399 g/mol. The Bertz CT molecular complexity index is 963. The van der Waals surface area contributed by atoms with Crippen molar-refractivity contribution >= 4 is 45.0 Å². The number of nitrogens with one attached hydrogen (secondary N) is 2. The fourth-order valence-electron chi connectivity index (χ4n) is 2.47. The Kier molecular flexibility index (Phi) is 3.70. The minimum absolute atomic E-state index is 0.814. The Balaban J connectivity index is 1.68. The molecule has 0 amide bonds. The van der Waals surface area contributed by atoms with E-state index in [1.165, 1.54) is 3.57 Å². The van der Waals surface area contributed by atoms with Crippen molar-refractivity contribution in [3.05, 3.63) is 70.6 Å². The lowest BCUT2D eigenvalue weighted by molar-refractivity contribution is 1.29. The zero-order valence-electron chi connectivity index (χ0n) is 12.1. The second-order valence-corrected chi connectivity index (χ2v) is 6.44. The maximum atomic E-state index is 4.48. The molecule has 0 fully saturated rings. The molecule has 23 heavy (non-hydrogen) atoms. The smallest absolute Gasteiger partial charge is 0.132 e. The van der Waals surface area contributed by atoms with Gasteiger partial charge in [-0.1, -0.05) is 12.1 Å². The van der Waals surface area contributed by atoms with Gasteiger partial charge in [0.05, 0.1) is 16.9 Å². The maximum absolute atomic E-state index is 4.48. The van der Waals surface area contributed by atoms with Gasteiger partial charge in [-0.25, -0.2) is 4.98 Å². The summed E-state index contributed by atoms with van der Waals surface area (Å²) in [5, 5.41) is 4.40. The molecule has 0 aliphatic rings. The number of H-pyrrole nitrogens is 1. The van der Waals surface area contributed by atoms with Crippen LogP contribution in [0.2, 0.25) is 0 Å². The average Bonchev–Trinajstić information content (AvgIpc) is 2.99. The van der Waals surface area contributed by atoms with E-state index in [0.29, 0.717) is 0 Å². The van der Waals surface area contributed by atoms with E-state index in [2.05, 4.69) is 61.1 Å². The summed E-state index contributed by atoms with van der Waals surface area (Å²) < 4.78 is 1.19. The number of pyridine rings is 2. The topological polar surface area (TPSA) is 53.6 Å².